The molecule has 2 aromatic rings. The van der Waals surface area contributed by atoms with Gasteiger partial charge in [-0.25, -0.2) is 4.98 Å². The highest BCUT2D eigenvalue weighted by molar-refractivity contribution is 7.13. The lowest BCUT2D eigenvalue weighted by Crippen LogP contribution is -2.07. The Labute approximate surface area is 94.0 Å². The molecule has 2 rings (SSSR count). The standard InChI is InChI=1S/C12H14N2S/c1-9-5-3-4-6-11(9)10(2)14-12-13-7-8-15-12/h3-8,10H,1-2H3,(H,13,14). The summed E-state index contributed by atoms with van der Waals surface area (Å²) in [5.74, 6) is 0. The summed E-state index contributed by atoms with van der Waals surface area (Å²) in [6, 6.07) is 8.73. The lowest BCUT2D eigenvalue weighted by Gasteiger charge is -2.15. The minimum Gasteiger partial charge on any atom is -0.355 e. The predicted molar refractivity (Wildman–Crippen MR) is 65.3 cm³/mol. The molecule has 78 valence electrons. The second-order valence-corrected chi connectivity index (χ2v) is 4.45. The van der Waals surface area contributed by atoms with Crippen LogP contribution in [-0.4, -0.2) is 4.98 Å². The highest BCUT2D eigenvalue weighted by atomic mass is 32.1. The van der Waals surface area contributed by atoms with Crippen LogP contribution in [0.25, 0.3) is 0 Å². The fourth-order valence-electron chi connectivity index (χ4n) is 1.63. The fourth-order valence-corrected chi connectivity index (χ4v) is 2.25. The van der Waals surface area contributed by atoms with Crippen molar-refractivity contribution in [3.63, 3.8) is 0 Å². The van der Waals surface area contributed by atoms with E-state index in [1.165, 1.54) is 11.1 Å². The molecule has 0 aliphatic carbocycles. The van der Waals surface area contributed by atoms with Crippen LogP contribution in [0.1, 0.15) is 24.1 Å². The number of nitrogens with zero attached hydrogens (tertiary/aromatic N) is 1. The molecule has 1 atom stereocenters. The van der Waals surface area contributed by atoms with E-state index in [4.69, 9.17) is 0 Å². The van der Waals surface area contributed by atoms with Gasteiger partial charge in [0.2, 0.25) is 0 Å². The largest absolute Gasteiger partial charge is 0.355 e. The van der Waals surface area contributed by atoms with Crippen molar-refractivity contribution in [3.8, 4) is 0 Å². The van der Waals surface area contributed by atoms with Crippen LogP contribution in [0.3, 0.4) is 0 Å². The van der Waals surface area contributed by atoms with E-state index in [0.717, 1.165) is 5.13 Å². The first-order valence-electron chi connectivity index (χ1n) is 4.99. The molecule has 1 N–H and O–H groups in total. The van der Waals surface area contributed by atoms with Crippen LogP contribution in [-0.2, 0) is 0 Å². The number of hydrogen-bond acceptors (Lipinski definition) is 3. The third kappa shape index (κ3) is 2.36. The number of nitrogens with one attached hydrogen (secondary N) is 1. The normalized spacial score (nSPS) is 12.4. The van der Waals surface area contributed by atoms with E-state index in [0.29, 0.717) is 6.04 Å². The Hall–Kier alpha value is -1.35. The van der Waals surface area contributed by atoms with E-state index >= 15 is 0 Å². The summed E-state index contributed by atoms with van der Waals surface area (Å²) in [4.78, 5) is 4.22. The maximum Gasteiger partial charge on any atom is 0.183 e. The van der Waals surface area contributed by atoms with E-state index in [9.17, 15) is 0 Å². The van der Waals surface area contributed by atoms with Gasteiger partial charge in [-0.3, -0.25) is 0 Å². The van der Waals surface area contributed by atoms with Gasteiger partial charge in [0.1, 0.15) is 0 Å². The Kier molecular flexibility index (Phi) is 3.02. The minimum absolute atomic E-state index is 0.303. The third-order valence-electron chi connectivity index (χ3n) is 2.43. The number of rotatable bonds is 3. The van der Waals surface area contributed by atoms with Crippen molar-refractivity contribution in [3.05, 3.63) is 47.0 Å². The fraction of sp³-hybridized carbons (Fsp3) is 0.250. The molecular formula is C12H14N2S. The van der Waals surface area contributed by atoms with Gasteiger partial charge < -0.3 is 5.32 Å². The van der Waals surface area contributed by atoms with E-state index in [1.54, 1.807) is 11.3 Å². The average Bonchev–Trinajstić information content (AvgIpc) is 2.71. The first-order chi connectivity index (χ1) is 7.27. The lowest BCUT2D eigenvalue weighted by molar-refractivity contribution is 0.871. The molecule has 0 amide bonds. The number of aryl methyl sites for hydroxylation is 1. The second kappa shape index (κ2) is 4.45. The number of anilines is 1. The molecule has 0 saturated heterocycles. The predicted octanol–water partition coefficient (Wildman–Crippen LogP) is 3.62. The summed E-state index contributed by atoms with van der Waals surface area (Å²) in [6.07, 6.45) is 1.82. The molecule has 1 unspecified atom stereocenters. The summed E-state index contributed by atoms with van der Waals surface area (Å²) in [5.41, 5.74) is 2.64. The molecule has 1 aromatic heterocycles. The van der Waals surface area contributed by atoms with Gasteiger partial charge in [0.05, 0.1) is 6.04 Å². The van der Waals surface area contributed by atoms with E-state index in [1.807, 2.05) is 11.6 Å². The summed E-state index contributed by atoms with van der Waals surface area (Å²) in [7, 11) is 0. The van der Waals surface area contributed by atoms with Crippen molar-refractivity contribution < 1.29 is 0 Å². The zero-order chi connectivity index (χ0) is 10.7. The first-order valence-corrected chi connectivity index (χ1v) is 5.87. The van der Waals surface area contributed by atoms with Gasteiger partial charge in [-0.2, -0.15) is 0 Å². The highest BCUT2D eigenvalue weighted by Crippen LogP contribution is 2.22. The Morgan fingerprint density at radius 1 is 1.33 bits per heavy atom. The summed E-state index contributed by atoms with van der Waals surface area (Å²) < 4.78 is 0. The zero-order valence-electron chi connectivity index (χ0n) is 8.90. The van der Waals surface area contributed by atoms with Gasteiger partial charge in [-0.15, -0.1) is 11.3 Å². The SMILES string of the molecule is Cc1ccccc1C(C)Nc1nccs1. The molecule has 0 radical (unpaired) electrons. The average molecular weight is 218 g/mol. The van der Waals surface area contributed by atoms with Gasteiger partial charge >= 0.3 is 0 Å². The first kappa shape index (κ1) is 10.2. The molecule has 0 aliphatic rings. The van der Waals surface area contributed by atoms with Gasteiger partial charge in [0, 0.05) is 11.6 Å². The second-order valence-electron chi connectivity index (χ2n) is 3.56. The Morgan fingerprint density at radius 2 is 2.13 bits per heavy atom. The molecule has 0 bridgehead atoms. The molecule has 0 spiro atoms. The molecule has 3 heteroatoms. The van der Waals surface area contributed by atoms with Crippen molar-refractivity contribution in [2.24, 2.45) is 0 Å². The van der Waals surface area contributed by atoms with Crippen LogP contribution in [0.4, 0.5) is 5.13 Å². The van der Waals surface area contributed by atoms with Crippen molar-refractivity contribution in [1.29, 1.82) is 0 Å². The summed E-state index contributed by atoms with van der Waals surface area (Å²) in [6.45, 7) is 4.29. The van der Waals surface area contributed by atoms with E-state index < -0.39 is 0 Å². The third-order valence-corrected chi connectivity index (χ3v) is 3.13. The monoisotopic (exact) mass is 218 g/mol. The van der Waals surface area contributed by atoms with Gasteiger partial charge in [0.15, 0.2) is 5.13 Å². The number of aromatic nitrogens is 1. The smallest absolute Gasteiger partial charge is 0.183 e. The highest BCUT2D eigenvalue weighted by Gasteiger charge is 2.08. The van der Waals surface area contributed by atoms with Gasteiger partial charge in [-0.1, -0.05) is 24.3 Å². The summed E-state index contributed by atoms with van der Waals surface area (Å²) >= 11 is 1.63. The zero-order valence-corrected chi connectivity index (χ0v) is 9.71. The maximum atomic E-state index is 4.22. The Balaban J connectivity index is 2.15. The molecule has 15 heavy (non-hydrogen) atoms. The molecule has 2 nitrogen and oxygen atoms in total. The Morgan fingerprint density at radius 3 is 2.80 bits per heavy atom. The Bertz CT molecular complexity index is 423. The summed E-state index contributed by atoms with van der Waals surface area (Å²) in [5, 5.41) is 6.34. The van der Waals surface area contributed by atoms with Crippen molar-refractivity contribution >= 4 is 16.5 Å². The van der Waals surface area contributed by atoms with Crippen LogP contribution in [0.2, 0.25) is 0 Å². The minimum atomic E-state index is 0.303. The van der Waals surface area contributed by atoms with Crippen molar-refractivity contribution in [2.45, 2.75) is 19.9 Å². The molecule has 0 aliphatic heterocycles. The van der Waals surface area contributed by atoms with Gasteiger partial charge in [0.25, 0.3) is 0 Å². The van der Waals surface area contributed by atoms with Gasteiger partial charge in [-0.05, 0) is 25.0 Å². The van der Waals surface area contributed by atoms with Crippen LogP contribution in [0, 0.1) is 6.92 Å². The van der Waals surface area contributed by atoms with Crippen LogP contribution < -0.4 is 5.32 Å². The van der Waals surface area contributed by atoms with E-state index in [-0.39, 0.29) is 0 Å². The van der Waals surface area contributed by atoms with Crippen molar-refractivity contribution in [1.82, 2.24) is 4.98 Å². The maximum absolute atomic E-state index is 4.22. The topological polar surface area (TPSA) is 24.9 Å². The van der Waals surface area contributed by atoms with Crippen LogP contribution in [0.15, 0.2) is 35.8 Å². The van der Waals surface area contributed by atoms with Crippen molar-refractivity contribution in [2.75, 3.05) is 5.32 Å². The number of benzene rings is 1. The van der Waals surface area contributed by atoms with Crippen LogP contribution >= 0.6 is 11.3 Å². The quantitative estimate of drug-likeness (QED) is 0.851. The molecule has 0 fully saturated rings. The molecule has 1 heterocycles. The molecular weight excluding hydrogens is 204 g/mol. The number of thiazole rings is 1. The molecule has 1 aromatic carbocycles. The lowest BCUT2D eigenvalue weighted by atomic mass is 10.0. The van der Waals surface area contributed by atoms with Crippen LogP contribution in [0.5, 0.6) is 0 Å². The number of hydrogen-bond donors (Lipinski definition) is 1. The van der Waals surface area contributed by atoms with E-state index in [2.05, 4.69) is 48.4 Å². The molecule has 0 saturated carbocycles.